The van der Waals surface area contributed by atoms with Crippen LogP contribution in [0, 0.1) is 18.8 Å². The molecule has 1 aromatic carbocycles. The second kappa shape index (κ2) is 6.67. The molecular formula is C16H23ClN2O2. The van der Waals surface area contributed by atoms with Crippen LogP contribution in [0.3, 0.4) is 0 Å². The van der Waals surface area contributed by atoms with Crippen molar-refractivity contribution in [3.8, 4) is 5.75 Å². The van der Waals surface area contributed by atoms with Gasteiger partial charge < -0.3 is 15.4 Å². The maximum Gasteiger partial charge on any atom is 0.260 e. The number of hydrogen-bond acceptors (Lipinski definition) is 3. The highest BCUT2D eigenvalue weighted by atomic mass is 35.5. The van der Waals surface area contributed by atoms with Crippen LogP contribution in [0.25, 0.3) is 0 Å². The molecular weight excluding hydrogens is 288 g/mol. The van der Waals surface area contributed by atoms with Crippen molar-refractivity contribution in [2.24, 2.45) is 17.6 Å². The van der Waals surface area contributed by atoms with Crippen molar-refractivity contribution in [1.29, 1.82) is 0 Å². The Morgan fingerprint density at radius 1 is 1.38 bits per heavy atom. The molecule has 3 unspecified atom stereocenters. The zero-order chi connectivity index (χ0) is 14.1. The fourth-order valence-electron chi connectivity index (χ4n) is 3.45. The molecule has 1 heterocycles. The lowest BCUT2D eigenvalue weighted by Crippen LogP contribution is -2.36. The van der Waals surface area contributed by atoms with Crippen LogP contribution in [-0.2, 0) is 4.79 Å². The standard InChI is InChI=1S/C16H22N2O2.ClH/c1-11-3-2-4-13(7-11)20-10-16(19)18-8-12-5-6-15(17)14(12)9-18;/h2-4,7,12,14-15H,5-6,8-10,17H2,1H3;1H. The summed E-state index contributed by atoms with van der Waals surface area (Å²) in [7, 11) is 0. The van der Waals surface area contributed by atoms with Gasteiger partial charge in [-0.1, -0.05) is 12.1 Å². The average Bonchev–Trinajstić information content (AvgIpc) is 2.99. The molecule has 2 aliphatic rings. The molecule has 1 aliphatic heterocycles. The van der Waals surface area contributed by atoms with Gasteiger partial charge in [-0.2, -0.15) is 0 Å². The molecule has 21 heavy (non-hydrogen) atoms. The fourth-order valence-corrected chi connectivity index (χ4v) is 3.45. The van der Waals surface area contributed by atoms with Gasteiger partial charge in [0, 0.05) is 19.1 Å². The van der Waals surface area contributed by atoms with Crippen LogP contribution in [0.1, 0.15) is 18.4 Å². The van der Waals surface area contributed by atoms with Crippen LogP contribution in [0.15, 0.2) is 24.3 Å². The van der Waals surface area contributed by atoms with E-state index in [2.05, 4.69) is 0 Å². The van der Waals surface area contributed by atoms with Gasteiger partial charge in [0.05, 0.1) is 0 Å². The minimum absolute atomic E-state index is 0. The third kappa shape index (κ3) is 3.50. The summed E-state index contributed by atoms with van der Waals surface area (Å²) in [5, 5.41) is 0. The van der Waals surface area contributed by atoms with Gasteiger partial charge in [-0.3, -0.25) is 4.79 Å². The first-order valence-electron chi connectivity index (χ1n) is 7.36. The number of fused-ring (bicyclic) bond motifs is 1. The van der Waals surface area contributed by atoms with E-state index >= 15 is 0 Å². The topological polar surface area (TPSA) is 55.6 Å². The number of benzene rings is 1. The lowest BCUT2D eigenvalue weighted by Gasteiger charge is -2.19. The van der Waals surface area contributed by atoms with E-state index in [9.17, 15) is 4.79 Å². The third-order valence-corrected chi connectivity index (χ3v) is 4.62. The predicted octanol–water partition coefficient (Wildman–Crippen LogP) is 1.99. The van der Waals surface area contributed by atoms with Crippen molar-refractivity contribution in [3.63, 3.8) is 0 Å². The first kappa shape index (κ1) is 16.1. The van der Waals surface area contributed by atoms with E-state index in [1.165, 1.54) is 0 Å². The number of hydrogen-bond donors (Lipinski definition) is 1. The minimum atomic E-state index is 0. The van der Waals surface area contributed by atoms with Gasteiger partial charge in [0.2, 0.25) is 0 Å². The number of carbonyl (C=O) groups is 1. The molecule has 0 spiro atoms. The molecule has 4 nitrogen and oxygen atoms in total. The molecule has 1 aromatic rings. The van der Waals surface area contributed by atoms with Crippen molar-refractivity contribution in [1.82, 2.24) is 4.90 Å². The number of ether oxygens (including phenoxy) is 1. The lowest BCUT2D eigenvalue weighted by atomic mass is 9.98. The molecule has 1 saturated heterocycles. The van der Waals surface area contributed by atoms with Gasteiger partial charge in [0.25, 0.3) is 5.91 Å². The minimum Gasteiger partial charge on any atom is -0.484 e. The summed E-state index contributed by atoms with van der Waals surface area (Å²) >= 11 is 0. The largest absolute Gasteiger partial charge is 0.484 e. The average molecular weight is 311 g/mol. The Hall–Kier alpha value is -1.26. The van der Waals surface area contributed by atoms with E-state index < -0.39 is 0 Å². The Bertz CT molecular complexity index is 509. The summed E-state index contributed by atoms with van der Waals surface area (Å²) in [5.74, 6) is 1.94. The number of rotatable bonds is 3. The zero-order valence-electron chi connectivity index (χ0n) is 12.3. The Morgan fingerprint density at radius 2 is 2.19 bits per heavy atom. The van der Waals surface area contributed by atoms with Crippen LogP contribution in [0.2, 0.25) is 0 Å². The molecule has 5 heteroatoms. The van der Waals surface area contributed by atoms with E-state index in [0.717, 1.165) is 37.2 Å². The van der Waals surface area contributed by atoms with E-state index in [1.54, 1.807) is 0 Å². The van der Waals surface area contributed by atoms with E-state index in [-0.39, 0.29) is 31.0 Å². The number of halogens is 1. The van der Waals surface area contributed by atoms with Crippen molar-refractivity contribution >= 4 is 18.3 Å². The van der Waals surface area contributed by atoms with Crippen LogP contribution in [-0.4, -0.2) is 36.5 Å². The third-order valence-electron chi connectivity index (χ3n) is 4.62. The van der Waals surface area contributed by atoms with Crippen molar-refractivity contribution in [3.05, 3.63) is 29.8 Å². The molecule has 0 radical (unpaired) electrons. The summed E-state index contributed by atoms with van der Waals surface area (Å²) in [6.45, 7) is 3.80. The maximum atomic E-state index is 12.2. The van der Waals surface area contributed by atoms with Gasteiger partial charge in [0.15, 0.2) is 6.61 Å². The number of aryl methyl sites for hydroxylation is 1. The number of likely N-dealkylation sites (tertiary alicyclic amines) is 1. The number of carbonyl (C=O) groups excluding carboxylic acids is 1. The molecule has 2 N–H and O–H groups in total. The number of amides is 1. The number of nitrogens with zero attached hydrogens (tertiary/aromatic N) is 1. The van der Waals surface area contributed by atoms with Gasteiger partial charge in [-0.05, 0) is 49.3 Å². The Labute approximate surface area is 132 Å². The maximum absolute atomic E-state index is 12.2. The fraction of sp³-hybridized carbons (Fsp3) is 0.562. The van der Waals surface area contributed by atoms with Crippen molar-refractivity contribution in [2.45, 2.75) is 25.8 Å². The Kier molecular flexibility index (Phi) is 5.12. The van der Waals surface area contributed by atoms with E-state index in [4.69, 9.17) is 10.5 Å². The highest BCUT2D eigenvalue weighted by Crippen LogP contribution is 2.37. The molecule has 1 aliphatic carbocycles. The first-order chi connectivity index (χ1) is 9.63. The highest BCUT2D eigenvalue weighted by molar-refractivity contribution is 5.85. The predicted molar refractivity (Wildman–Crippen MR) is 84.7 cm³/mol. The molecule has 1 saturated carbocycles. The Morgan fingerprint density at radius 3 is 2.90 bits per heavy atom. The highest BCUT2D eigenvalue weighted by Gasteiger charge is 2.42. The SMILES string of the molecule is Cc1cccc(OCC(=O)N2CC3CCC(N)C3C2)c1.Cl. The zero-order valence-corrected chi connectivity index (χ0v) is 13.1. The molecule has 3 rings (SSSR count). The van der Waals surface area contributed by atoms with Gasteiger partial charge >= 0.3 is 0 Å². The molecule has 3 atom stereocenters. The summed E-state index contributed by atoms with van der Waals surface area (Å²) in [4.78, 5) is 14.1. The summed E-state index contributed by atoms with van der Waals surface area (Å²) < 4.78 is 5.59. The lowest BCUT2D eigenvalue weighted by molar-refractivity contribution is -0.132. The molecule has 0 aromatic heterocycles. The molecule has 1 amide bonds. The molecule has 0 bridgehead atoms. The number of nitrogens with two attached hydrogens (primary N) is 1. The first-order valence-corrected chi connectivity index (χ1v) is 7.36. The van der Waals surface area contributed by atoms with Crippen molar-refractivity contribution in [2.75, 3.05) is 19.7 Å². The molecule has 2 fully saturated rings. The van der Waals surface area contributed by atoms with Crippen LogP contribution in [0.5, 0.6) is 5.75 Å². The summed E-state index contributed by atoms with van der Waals surface area (Å²) in [6, 6.07) is 8.05. The second-order valence-corrected chi connectivity index (χ2v) is 6.07. The van der Waals surface area contributed by atoms with Crippen molar-refractivity contribution < 1.29 is 9.53 Å². The normalized spacial score (nSPS) is 27.1. The van der Waals surface area contributed by atoms with Gasteiger partial charge in [0.1, 0.15) is 5.75 Å². The monoisotopic (exact) mass is 310 g/mol. The summed E-state index contributed by atoms with van der Waals surface area (Å²) in [6.07, 6.45) is 2.27. The van der Waals surface area contributed by atoms with Gasteiger partial charge in [-0.25, -0.2) is 0 Å². The van der Waals surface area contributed by atoms with Crippen LogP contribution < -0.4 is 10.5 Å². The second-order valence-electron chi connectivity index (χ2n) is 6.07. The van der Waals surface area contributed by atoms with E-state index in [0.29, 0.717) is 11.8 Å². The van der Waals surface area contributed by atoms with Crippen LogP contribution >= 0.6 is 12.4 Å². The van der Waals surface area contributed by atoms with E-state index in [1.807, 2.05) is 36.1 Å². The quantitative estimate of drug-likeness (QED) is 0.929. The van der Waals surface area contributed by atoms with Gasteiger partial charge in [-0.15, -0.1) is 12.4 Å². The molecule has 116 valence electrons. The smallest absolute Gasteiger partial charge is 0.260 e. The summed E-state index contributed by atoms with van der Waals surface area (Å²) in [5.41, 5.74) is 7.23. The Balaban J connectivity index is 0.00000161. The van der Waals surface area contributed by atoms with Crippen LogP contribution in [0.4, 0.5) is 0 Å².